The van der Waals surface area contributed by atoms with Gasteiger partial charge in [0.1, 0.15) is 11.5 Å². The number of aromatic nitrogens is 1. The van der Waals surface area contributed by atoms with E-state index >= 15 is 0 Å². The number of carbonyl (C=O) groups is 1. The number of rotatable bonds is 3. The van der Waals surface area contributed by atoms with Crippen LogP contribution in [0.4, 0.5) is 10.5 Å². The third-order valence-corrected chi connectivity index (χ3v) is 5.88. The molecule has 2 amide bonds. The molecule has 0 aromatic carbocycles. The molecule has 3 rings (SSSR count). The Balaban J connectivity index is 1.78. The first-order chi connectivity index (χ1) is 13.5. The molecule has 1 N–H and O–H groups in total. The van der Waals surface area contributed by atoms with Gasteiger partial charge in [0.2, 0.25) is 5.88 Å². The molecule has 1 saturated carbocycles. The van der Waals surface area contributed by atoms with Crippen LogP contribution < -0.4 is 10.1 Å². The standard InChI is InChI=1S/C22H32N4O2/c1-15-10-12-26(13-11-15)22(27)25-17(3)24-20-16(2)19(14-23-21(20)28-4)18-8-6-5-7-9-18/h14,18H,1,5-13H2,2-4H3,(H,24,25,27). The van der Waals surface area contributed by atoms with Crippen LogP contribution >= 0.6 is 0 Å². The minimum atomic E-state index is -0.109. The third kappa shape index (κ3) is 4.72. The number of likely N-dealkylation sites (tertiary alicyclic amines) is 1. The van der Waals surface area contributed by atoms with E-state index in [1.54, 1.807) is 7.11 Å². The van der Waals surface area contributed by atoms with Gasteiger partial charge in [-0.25, -0.2) is 14.8 Å². The Morgan fingerprint density at radius 2 is 1.96 bits per heavy atom. The first-order valence-corrected chi connectivity index (χ1v) is 10.3. The first-order valence-electron chi connectivity index (χ1n) is 10.3. The monoisotopic (exact) mass is 384 g/mol. The van der Waals surface area contributed by atoms with Gasteiger partial charge in [-0.15, -0.1) is 0 Å². The molecule has 2 aliphatic rings. The molecule has 0 spiro atoms. The van der Waals surface area contributed by atoms with Gasteiger partial charge in [0.15, 0.2) is 0 Å². The first kappa shape index (κ1) is 20.4. The Kier molecular flexibility index (Phi) is 6.70. The summed E-state index contributed by atoms with van der Waals surface area (Å²) >= 11 is 0. The van der Waals surface area contributed by atoms with Crippen molar-refractivity contribution in [2.24, 2.45) is 4.99 Å². The summed E-state index contributed by atoms with van der Waals surface area (Å²) in [7, 11) is 1.61. The number of carbonyl (C=O) groups excluding carboxylic acids is 1. The SMILES string of the molecule is C=C1CCN(C(=O)N/C(C)=N/c2c(OC)ncc(C3CCCCC3)c2C)CC1. The van der Waals surface area contributed by atoms with E-state index in [0.29, 0.717) is 30.7 Å². The van der Waals surface area contributed by atoms with Gasteiger partial charge in [-0.2, -0.15) is 0 Å². The molecule has 1 saturated heterocycles. The topological polar surface area (TPSA) is 66.8 Å². The number of urea groups is 1. The van der Waals surface area contributed by atoms with Crippen molar-refractivity contribution in [2.45, 2.75) is 64.7 Å². The number of piperidine rings is 1. The van der Waals surface area contributed by atoms with E-state index in [-0.39, 0.29) is 6.03 Å². The van der Waals surface area contributed by atoms with Crippen LogP contribution in [-0.2, 0) is 0 Å². The predicted molar refractivity (Wildman–Crippen MR) is 113 cm³/mol. The van der Waals surface area contributed by atoms with Crippen LogP contribution in [-0.4, -0.2) is 41.9 Å². The minimum Gasteiger partial charge on any atom is -0.479 e. The number of amidine groups is 1. The lowest BCUT2D eigenvalue weighted by molar-refractivity contribution is 0.199. The van der Waals surface area contributed by atoms with Gasteiger partial charge in [-0.05, 0) is 56.6 Å². The summed E-state index contributed by atoms with van der Waals surface area (Å²) in [6.07, 6.45) is 9.94. The van der Waals surface area contributed by atoms with Gasteiger partial charge < -0.3 is 9.64 Å². The second-order valence-corrected chi connectivity index (χ2v) is 7.90. The van der Waals surface area contributed by atoms with Crippen molar-refractivity contribution in [1.82, 2.24) is 15.2 Å². The van der Waals surface area contributed by atoms with Crippen LogP contribution in [0.25, 0.3) is 0 Å². The normalized spacial score (nSPS) is 18.9. The van der Waals surface area contributed by atoms with E-state index < -0.39 is 0 Å². The van der Waals surface area contributed by atoms with E-state index in [1.807, 2.05) is 18.0 Å². The number of hydrogen-bond acceptors (Lipinski definition) is 4. The molecule has 1 aliphatic heterocycles. The Labute approximate surface area is 168 Å². The number of nitrogens with one attached hydrogen (secondary N) is 1. The van der Waals surface area contributed by atoms with Crippen LogP contribution in [0.15, 0.2) is 23.3 Å². The van der Waals surface area contributed by atoms with Gasteiger partial charge >= 0.3 is 6.03 Å². The number of amides is 2. The van der Waals surface area contributed by atoms with Crippen molar-refractivity contribution in [3.63, 3.8) is 0 Å². The third-order valence-electron chi connectivity index (χ3n) is 5.88. The fourth-order valence-electron chi connectivity index (χ4n) is 4.15. The summed E-state index contributed by atoms with van der Waals surface area (Å²) in [5.74, 6) is 1.59. The van der Waals surface area contributed by atoms with Crippen LogP contribution in [0.2, 0.25) is 0 Å². The second kappa shape index (κ2) is 9.22. The smallest absolute Gasteiger partial charge is 0.322 e. The largest absolute Gasteiger partial charge is 0.479 e. The Hall–Kier alpha value is -2.37. The van der Waals surface area contributed by atoms with E-state index in [4.69, 9.17) is 4.74 Å². The molecule has 152 valence electrons. The van der Waals surface area contributed by atoms with Crippen molar-refractivity contribution in [3.05, 3.63) is 29.5 Å². The molecule has 2 fully saturated rings. The molecule has 0 radical (unpaired) electrons. The molecule has 2 heterocycles. The zero-order valence-corrected chi connectivity index (χ0v) is 17.4. The predicted octanol–water partition coefficient (Wildman–Crippen LogP) is 4.86. The fourth-order valence-corrected chi connectivity index (χ4v) is 4.15. The highest BCUT2D eigenvalue weighted by molar-refractivity contribution is 5.97. The number of hydrogen-bond donors (Lipinski definition) is 1. The lowest BCUT2D eigenvalue weighted by Crippen LogP contribution is -2.44. The minimum absolute atomic E-state index is 0.109. The highest BCUT2D eigenvalue weighted by Gasteiger charge is 2.22. The summed E-state index contributed by atoms with van der Waals surface area (Å²) in [6.45, 7) is 9.31. The Morgan fingerprint density at radius 3 is 2.61 bits per heavy atom. The average Bonchev–Trinajstić information content (AvgIpc) is 2.70. The van der Waals surface area contributed by atoms with Crippen LogP contribution in [0.3, 0.4) is 0 Å². The van der Waals surface area contributed by atoms with Crippen LogP contribution in [0.1, 0.15) is 68.9 Å². The molecule has 0 bridgehead atoms. The Morgan fingerprint density at radius 1 is 1.29 bits per heavy atom. The van der Waals surface area contributed by atoms with E-state index in [0.717, 1.165) is 24.1 Å². The summed E-state index contributed by atoms with van der Waals surface area (Å²) in [5, 5.41) is 2.91. The van der Waals surface area contributed by atoms with Crippen molar-refractivity contribution < 1.29 is 9.53 Å². The van der Waals surface area contributed by atoms with Gasteiger partial charge in [0.25, 0.3) is 0 Å². The fraction of sp³-hybridized carbons (Fsp3) is 0.591. The molecule has 1 aromatic rings. The summed E-state index contributed by atoms with van der Waals surface area (Å²) in [4.78, 5) is 23.5. The highest BCUT2D eigenvalue weighted by Crippen LogP contribution is 2.39. The zero-order valence-electron chi connectivity index (χ0n) is 17.4. The number of ether oxygens (including phenoxy) is 1. The molecular formula is C22H32N4O2. The van der Waals surface area contributed by atoms with Crippen LogP contribution in [0.5, 0.6) is 5.88 Å². The molecule has 1 aromatic heterocycles. The van der Waals surface area contributed by atoms with Crippen molar-refractivity contribution in [2.75, 3.05) is 20.2 Å². The maximum atomic E-state index is 12.5. The molecule has 6 nitrogen and oxygen atoms in total. The zero-order chi connectivity index (χ0) is 20.1. The number of pyridine rings is 1. The number of aliphatic imine (C=N–C) groups is 1. The van der Waals surface area contributed by atoms with Crippen molar-refractivity contribution >= 4 is 17.6 Å². The Bertz CT molecular complexity index is 756. The van der Waals surface area contributed by atoms with Gasteiger partial charge in [-0.1, -0.05) is 31.4 Å². The summed E-state index contributed by atoms with van der Waals surface area (Å²) < 4.78 is 5.45. The van der Waals surface area contributed by atoms with Gasteiger partial charge in [0, 0.05) is 19.3 Å². The summed E-state index contributed by atoms with van der Waals surface area (Å²) in [6, 6.07) is -0.109. The molecule has 0 unspecified atom stereocenters. The molecule has 1 aliphatic carbocycles. The van der Waals surface area contributed by atoms with E-state index in [9.17, 15) is 4.79 Å². The highest BCUT2D eigenvalue weighted by atomic mass is 16.5. The van der Waals surface area contributed by atoms with Gasteiger partial charge in [-0.3, -0.25) is 5.32 Å². The molecule has 28 heavy (non-hydrogen) atoms. The second-order valence-electron chi connectivity index (χ2n) is 7.90. The quantitative estimate of drug-likeness (QED) is 0.460. The maximum absolute atomic E-state index is 12.5. The number of nitrogens with zero attached hydrogens (tertiary/aromatic N) is 3. The lowest BCUT2D eigenvalue weighted by Gasteiger charge is -2.28. The van der Waals surface area contributed by atoms with Crippen molar-refractivity contribution in [1.29, 1.82) is 0 Å². The van der Waals surface area contributed by atoms with Crippen LogP contribution in [0, 0.1) is 6.92 Å². The van der Waals surface area contributed by atoms with E-state index in [1.165, 1.54) is 43.2 Å². The summed E-state index contributed by atoms with van der Waals surface area (Å²) in [5.41, 5.74) is 4.28. The lowest BCUT2D eigenvalue weighted by atomic mass is 9.83. The van der Waals surface area contributed by atoms with Crippen molar-refractivity contribution in [3.8, 4) is 5.88 Å². The maximum Gasteiger partial charge on any atom is 0.322 e. The van der Waals surface area contributed by atoms with E-state index in [2.05, 4.69) is 28.8 Å². The van der Waals surface area contributed by atoms with Gasteiger partial charge in [0.05, 0.1) is 7.11 Å². The molecular weight excluding hydrogens is 352 g/mol. The molecule has 6 heteroatoms. The molecule has 0 atom stereocenters. The average molecular weight is 385 g/mol. The number of methoxy groups -OCH3 is 1.